The highest BCUT2D eigenvalue weighted by molar-refractivity contribution is 5.96. The van der Waals surface area contributed by atoms with Gasteiger partial charge in [0.05, 0.1) is 0 Å². The van der Waals surface area contributed by atoms with Crippen LogP contribution in [0.5, 0.6) is 0 Å². The molecular formula is C16H22N2O. The smallest absolute Gasteiger partial charge is 0.254 e. The van der Waals surface area contributed by atoms with Crippen LogP contribution in [0.25, 0.3) is 0 Å². The first-order chi connectivity index (χ1) is 9.25. The molecule has 2 aliphatic rings. The Morgan fingerprint density at radius 3 is 2.74 bits per heavy atom. The van der Waals surface area contributed by atoms with E-state index in [4.69, 9.17) is 0 Å². The number of carbonyl (C=O) groups is 1. The van der Waals surface area contributed by atoms with Crippen LogP contribution in [-0.4, -0.2) is 36.0 Å². The van der Waals surface area contributed by atoms with Crippen molar-refractivity contribution in [3.63, 3.8) is 0 Å². The normalized spacial score (nSPS) is 22.5. The summed E-state index contributed by atoms with van der Waals surface area (Å²) in [5, 5.41) is 3.50. The second-order valence-corrected chi connectivity index (χ2v) is 5.80. The molecule has 0 bridgehead atoms. The Labute approximate surface area is 115 Å². The molecule has 2 fully saturated rings. The number of aryl methyl sites for hydroxylation is 1. The summed E-state index contributed by atoms with van der Waals surface area (Å²) < 4.78 is 0. The average Bonchev–Trinajstić information content (AvgIpc) is 3.13. The fourth-order valence-corrected chi connectivity index (χ4v) is 2.90. The molecule has 1 aliphatic heterocycles. The van der Waals surface area contributed by atoms with Gasteiger partial charge in [0.2, 0.25) is 0 Å². The first-order valence-corrected chi connectivity index (χ1v) is 7.35. The molecule has 1 aromatic carbocycles. The van der Waals surface area contributed by atoms with Gasteiger partial charge in [-0.2, -0.15) is 0 Å². The molecule has 19 heavy (non-hydrogen) atoms. The van der Waals surface area contributed by atoms with E-state index in [1.807, 2.05) is 31.2 Å². The van der Waals surface area contributed by atoms with Gasteiger partial charge in [-0.15, -0.1) is 0 Å². The minimum atomic E-state index is 0.217. The zero-order chi connectivity index (χ0) is 13.2. The summed E-state index contributed by atoms with van der Waals surface area (Å²) >= 11 is 0. The van der Waals surface area contributed by atoms with Gasteiger partial charge < -0.3 is 10.2 Å². The Kier molecular flexibility index (Phi) is 3.56. The van der Waals surface area contributed by atoms with Gasteiger partial charge in [-0.3, -0.25) is 4.79 Å². The van der Waals surface area contributed by atoms with E-state index in [9.17, 15) is 4.79 Å². The molecule has 3 rings (SSSR count). The number of nitrogens with zero attached hydrogens (tertiary/aromatic N) is 1. The van der Waals surface area contributed by atoms with Gasteiger partial charge in [0.1, 0.15) is 0 Å². The first-order valence-electron chi connectivity index (χ1n) is 7.35. The number of carbonyl (C=O) groups excluding carboxylic acids is 1. The Hall–Kier alpha value is -1.35. The van der Waals surface area contributed by atoms with Crippen molar-refractivity contribution in [1.29, 1.82) is 0 Å². The summed E-state index contributed by atoms with van der Waals surface area (Å²) in [6.45, 7) is 3.99. The molecule has 0 spiro atoms. The minimum Gasteiger partial charge on any atom is -0.334 e. The van der Waals surface area contributed by atoms with Gasteiger partial charge in [-0.1, -0.05) is 18.2 Å². The standard InChI is InChI=1S/C16H22N2O/c1-12-5-2-3-7-15(12)16(19)18(14-8-9-14)11-13-6-4-10-17-13/h2-3,5,7,13-14,17H,4,6,8-11H2,1H3. The van der Waals surface area contributed by atoms with Gasteiger partial charge in [0.25, 0.3) is 5.91 Å². The van der Waals surface area contributed by atoms with Crippen LogP contribution in [0.3, 0.4) is 0 Å². The number of hydrogen-bond acceptors (Lipinski definition) is 2. The van der Waals surface area contributed by atoms with Crippen LogP contribution < -0.4 is 5.32 Å². The van der Waals surface area contributed by atoms with Crippen molar-refractivity contribution >= 4 is 5.91 Å². The summed E-state index contributed by atoms with van der Waals surface area (Å²) in [4.78, 5) is 14.8. The molecule has 1 heterocycles. The predicted molar refractivity (Wildman–Crippen MR) is 76.3 cm³/mol. The predicted octanol–water partition coefficient (Wildman–Crippen LogP) is 2.35. The maximum atomic E-state index is 12.7. The van der Waals surface area contributed by atoms with Gasteiger partial charge in [0, 0.05) is 24.2 Å². The maximum absolute atomic E-state index is 12.7. The van der Waals surface area contributed by atoms with E-state index >= 15 is 0 Å². The third-order valence-electron chi connectivity index (χ3n) is 4.20. The van der Waals surface area contributed by atoms with Crippen LogP contribution in [0.15, 0.2) is 24.3 Å². The summed E-state index contributed by atoms with van der Waals surface area (Å²) in [7, 11) is 0. The van der Waals surface area contributed by atoms with E-state index in [-0.39, 0.29) is 5.91 Å². The van der Waals surface area contributed by atoms with Crippen LogP contribution in [0.1, 0.15) is 41.6 Å². The first kappa shape index (κ1) is 12.7. The second-order valence-electron chi connectivity index (χ2n) is 5.80. The molecule has 1 aliphatic carbocycles. The lowest BCUT2D eigenvalue weighted by atomic mass is 10.1. The van der Waals surface area contributed by atoms with Crippen LogP contribution >= 0.6 is 0 Å². The zero-order valence-corrected chi connectivity index (χ0v) is 11.6. The lowest BCUT2D eigenvalue weighted by Gasteiger charge is -2.26. The van der Waals surface area contributed by atoms with Gasteiger partial charge in [0.15, 0.2) is 0 Å². The average molecular weight is 258 g/mol. The Bertz CT molecular complexity index is 462. The van der Waals surface area contributed by atoms with E-state index in [0.717, 1.165) is 24.2 Å². The summed E-state index contributed by atoms with van der Waals surface area (Å²) in [6.07, 6.45) is 4.78. The molecule has 0 radical (unpaired) electrons. The highest BCUT2D eigenvalue weighted by atomic mass is 16.2. The summed E-state index contributed by atoms with van der Waals surface area (Å²) in [6, 6.07) is 8.90. The van der Waals surface area contributed by atoms with Gasteiger partial charge >= 0.3 is 0 Å². The number of amides is 1. The fraction of sp³-hybridized carbons (Fsp3) is 0.562. The SMILES string of the molecule is Cc1ccccc1C(=O)N(CC1CCCN1)C1CC1. The Morgan fingerprint density at radius 1 is 1.32 bits per heavy atom. The molecule has 1 aromatic rings. The number of benzene rings is 1. The molecule has 1 N–H and O–H groups in total. The number of nitrogens with one attached hydrogen (secondary N) is 1. The molecule has 3 nitrogen and oxygen atoms in total. The van der Waals surface area contributed by atoms with Crippen molar-refractivity contribution in [3.8, 4) is 0 Å². The lowest BCUT2D eigenvalue weighted by molar-refractivity contribution is 0.0728. The lowest BCUT2D eigenvalue weighted by Crippen LogP contribution is -2.42. The molecule has 3 heteroatoms. The Morgan fingerprint density at radius 2 is 2.11 bits per heavy atom. The summed E-state index contributed by atoms with van der Waals surface area (Å²) in [5.41, 5.74) is 1.95. The third kappa shape index (κ3) is 2.81. The van der Waals surface area contributed by atoms with Crippen LogP contribution in [0.4, 0.5) is 0 Å². The molecule has 1 atom stereocenters. The van der Waals surface area contributed by atoms with Gasteiger partial charge in [-0.05, 0) is 50.8 Å². The van der Waals surface area contributed by atoms with E-state index < -0.39 is 0 Å². The van der Waals surface area contributed by atoms with Crippen molar-refractivity contribution in [2.24, 2.45) is 0 Å². The van der Waals surface area contributed by atoms with Crippen molar-refractivity contribution < 1.29 is 4.79 Å². The third-order valence-corrected chi connectivity index (χ3v) is 4.20. The minimum absolute atomic E-state index is 0.217. The quantitative estimate of drug-likeness (QED) is 0.899. The molecule has 1 saturated heterocycles. The molecular weight excluding hydrogens is 236 g/mol. The topological polar surface area (TPSA) is 32.3 Å². The van der Waals surface area contributed by atoms with E-state index in [2.05, 4.69) is 10.2 Å². The van der Waals surface area contributed by atoms with Crippen molar-refractivity contribution in [3.05, 3.63) is 35.4 Å². The van der Waals surface area contributed by atoms with Crippen molar-refractivity contribution in [2.45, 2.75) is 44.7 Å². The van der Waals surface area contributed by atoms with Gasteiger partial charge in [-0.25, -0.2) is 0 Å². The Balaban J connectivity index is 1.76. The molecule has 1 unspecified atom stereocenters. The number of rotatable bonds is 4. The second kappa shape index (κ2) is 5.33. The fourth-order valence-electron chi connectivity index (χ4n) is 2.90. The van der Waals surface area contributed by atoms with Crippen molar-refractivity contribution in [2.75, 3.05) is 13.1 Å². The highest BCUT2D eigenvalue weighted by Gasteiger charge is 2.35. The van der Waals surface area contributed by atoms with E-state index in [1.165, 1.54) is 25.7 Å². The summed E-state index contributed by atoms with van der Waals surface area (Å²) in [5.74, 6) is 0.217. The van der Waals surface area contributed by atoms with Crippen molar-refractivity contribution in [1.82, 2.24) is 10.2 Å². The van der Waals surface area contributed by atoms with E-state index in [0.29, 0.717) is 12.1 Å². The highest BCUT2D eigenvalue weighted by Crippen LogP contribution is 2.29. The van der Waals surface area contributed by atoms with Crippen LogP contribution in [0, 0.1) is 6.92 Å². The molecule has 102 valence electrons. The molecule has 0 aromatic heterocycles. The van der Waals surface area contributed by atoms with Crippen LogP contribution in [-0.2, 0) is 0 Å². The number of hydrogen-bond donors (Lipinski definition) is 1. The monoisotopic (exact) mass is 258 g/mol. The van der Waals surface area contributed by atoms with E-state index in [1.54, 1.807) is 0 Å². The van der Waals surface area contributed by atoms with Crippen LogP contribution in [0.2, 0.25) is 0 Å². The molecule has 1 amide bonds. The molecule has 1 saturated carbocycles. The maximum Gasteiger partial charge on any atom is 0.254 e. The zero-order valence-electron chi connectivity index (χ0n) is 11.6. The largest absolute Gasteiger partial charge is 0.334 e.